The minimum Gasteiger partial charge on any atom is -0.512 e. The maximum Gasteiger partial charge on any atom is 1.00 e. The standard InChI is InChI=1S/CN.Cs.Cu.W/c1-2;;;/q-1;;+1;. The van der Waals surface area contributed by atoms with E-state index >= 15 is 0 Å². The van der Waals surface area contributed by atoms with Crippen molar-refractivity contribution in [3.8, 4) is 0 Å². The molecule has 0 saturated carbocycles. The van der Waals surface area contributed by atoms with Gasteiger partial charge in [-0.3, -0.25) is 0 Å². The fourth-order valence-electron chi connectivity index (χ4n) is 0. The van der Waals surface area contributed by atoms with E-state index in [-0.39, 0.29) is 107 Å². The van der Waals surface area contributed by atoms with Crippen LogP contribution in [0.15, 0.2) is 0 Å². The first-order valence-electron chi connectivity index (χ1n) is 0.224. The van der Waals surface area contributed by atoms with Gasteiger partial charge in [0.2, 0.25) is 0 Å². The van der Waals surface area contributed by atoms with Crippen LogP contribution in [0.1, 0.15) is 0 Å². The molecular weight excluding hydrogens is 406 g/mol. The Morgan fingerprint density at radius 1 is 1.20 bits per heavy atom. The zero-order valence-electron chi connectivity index (χ0n) is 2.66. The van der Waals surface area contributed by atoms with Gasteiger partial charge in [0, 0.05) is 90.0 Å². The van der Waals surface area contributed by atoms with Crippen molar-refractivity contribution in [2.75, 3.05) is 0 Å². The third kappa shape index (κ3) is 20.1. The molecule has 0 spiro atoms. The zero-order valence-corrected chi connectivity index (χ0v) is 12.8. The second kappa shape index (κ2) is 29.5. The van der Waals surface area contributed by atoms with E-state index in [1.165, 1.54) is 0 Å². The molecule has 1 radical (unpaired) electrons. The summed E-state index contributed by atoms with van der Waals surface area (Å²) in [7, 11) is 0. The van der Waals surface area contributed by atoms with Crippen molar-refractivity contribution in [2.24, 2.45) is 0 Å². The van der Waals surface area contributed by atoms with Crippen molar-refractivity contribution in [3.63, 3.8) is 0 Å². The predicted molar refractivity (Wildman–Crippen MR) is 10.7 cm³/mol. The van der Waals surface area contributed by atoms with Crippen LogP contribution < -0.4 is 0 Å². The molecule has 1 nitrogen and oxygen atoms in total. The fraction of sp³-hybridized carbons (Fsp3) is 0. The van der Waals surface area contributed by atoms with Crippen LogP contribution in [0.4, 0.5) is 0 Å². The number of rotatable bonds is 0. The van der Waals surface area contributed by atoms with E-state index in [1.807, 2.05) is 0 Å². The van der Waals surface area contributed by atoms with Crippen LogP contribution in [0.25, 0.3) is 0 Å². The summed E-state index contributed by atoms with van der Waals surface area (Å²) in [5, 5.41) is 6.25. The van der Waals surface area contributed by atoms with Gasteiger partial charge in [0.1, 0.15) is 0 Å². The van der Waals surface area contributed by atoms with Crippen molar-refractivity contribution < 1.29 is 38.1 Å². The molecule has 0 atom stereocenters. The first-order valence-corrected chi connectivity index (χ1v) is 0.224. The molecule has 0 aliphatic heterocycles. The van der Waals surface area contributed by atoms with Crippen LogP contribution in [0.5, 0.6) is 0 Å². The van der Waals surface area contributed by atoms with E-state index < -0.39 is 0 Å². The summed E-state index contributed by atoms with van der Waals surface area (Å²) in [6, 6.07) is 0. The topological polar surface area (TPSA) is 23.8 Å². The molecule has 0 bridgehead atoms. The van der Waals surface area contributed by atoms with E-state index in [9.17, 15) is 0 Å². The second-order valence-electron chi connectivity index (χ2n) is 0. The van der Waals surface area contributed by atoms with Gasteiger partial charge in [0.25, 0.3) is 0 Å². The van der Waals surface area contributed by atoms with Crippen molar-refractivity contribution >= 4 is 68.9 Å². The quantitative estimate of drug-likeness (QED) is 0.401. The summed E-state index contributed by atoms with van der Waals surface area (Å²) in [6.45, 7) is 4.75. The molecule has 0 aliphatic rings. The van der Waals surface area contributed by atoms with E-state index in [1.54, 1.807) is 0 Å². The van der Waals surface area contributed by atoms with E-state index in [2.05, 4.69) is 0 Å². The Morgan fingerprint density at radius 2 is 1.20 bits per heavy atom. The van der Waals surface area contributed by atoms with Crippen molar-refractivity contribution in [1.82, 2.24) is 0 Å². The Kier molecular flexibility index (Phi) is 148. The van der Waals surface area contributed by atoms with Gasteiger partial charge in [-0.25, -0.2) is 0 Å². The minimum absolute atomic E-state index is 0. The van der Waals surface area contributed by atoms with Crippen molar-refractivity contribution in [2.45, 2.75) is 0 Å². The minimum atomic E-state index is 0. The van der Waals surface area contributed by atoms with Crippen LogP contribution in [0, 0.1) is 11.8 Å². The SMILES string of the molecule is [C-]#N.[Cs].[Cu+].[W]. The normalized spacial score (nSPS) is 0.400. The smallest absolute Gasteiger partial charge is 0.512 e. The Hall–Kier alpha value is 2.75. The van der Waals surface area contributed by atoms with Gasteiger partial charge in [-0.2, -0.15) is 0 Å². The molecule has 27 valence electrons. The zero-order chi connectivity index (χ0) is 2.00. The molecule has 0 amide bonds. The van der Waals surface area contributed by atoms with Crippen LogP contribution in [0.2, 0.25) is 0 Å². The molecule has 0 aromatic heterocycles. The van der Waals surface area contributed by atoms with Gasteiger partial charge in [0.05, 0.1) is 0 Å². The summed E-state index contributed by atoms with van der Waals surface area (Å²) in [5.41, 5.74) is 0. The molecule has 0 fully saturated rings. The van der Waals surface area contributed by atoms with Crippen LogP contribution in [-0.4, -0.2) is 68.9 Å². The maximum atomic E-state index is 6.25. The van der Waals surface area contributed by atoms with Gasteiger partial charge in [0.15, 0.2) is 0 Å². The molecule has 0 unspecified atom stereocenters. The van der Waals surface area contributed by atoms with E-state index in [0.29, 0.717) is 0 Å². The Labute approximate surface area is 115 Å². The molecule has 4 heteroatoms. The van der Waals surface area contributed by atoms with E-state index in [4.69, 9.17) is 11.8 Å². The summed E-state index contributed by atoms with van der Waals surface area (Å²) >= 11 is 0. The van der Waals surface area contributed by atoms with Crippen LogP contribution in [0.3, 0.4) is 0 Å². The molecule has 0 N–H and O–H groups in total. The average molecular weight is 406 g/mol. The molecule has 0 rings (SSSR count). The monoisotopic (exact) mass is 406 g/mol. The summed E-state index contributed by atoms with van der Waals surface area (Å²) in [5.74, 6) is 0. The Bertz CT molecular complexity index is 16.4. The average Bonchev–Trinajstić information content (AvgIpc) is 1.00. The second-order valence-corrected chi connectivity index (χ2v) is 0. The predicted octanol–water partition coefficient (Wildman–Crippen LogP) is -0.289. The van der Waals surface area contributed by atoms with Gasteiger partial charge >= 0.3 is 17.1 Å². The molecule has 0 heterocycles. The van der Waals surface area contributed by atoms with Gasteiger partial charge in [-0.1, -0.05) is 0 Å². The van der Waals surface area contributed by atoms with Crippen LogP contribution >= 0.6 is 0 Å². The largest absolute Gasteiger partial charge is 1.00 e. The first-order chi connectivity index (χ1) is 1.00. The third-order valence-electron chi connectivity index (χ3n) is 0. The summed E-state index contributed by atoms with van der Waals surface area (Å²) < 4.78 is 0. The molecule has 5 heavy (non-hydrogen) atoms. The van der Waals surface area contributed by atoms with Gasteiger partial charge in [-0.05, 0) is 0 Å². The number of hydrogen-bond donors (Lipinski definition) is 0. The molecule has 0 saturated heterocycles. The third-order valence-corrected chi connectivity index (χ3v) is 0. The van der Waals surface area contributed by atoms with E-state index in [0.717, 1.165) is 0 Å². The van der Waals surface area contributed by atoms with Gasteiger partial charge in [-0.15, -0.1) is 0 Å². The molecule has 0 aromatic carbocycles. The molecule has 0 aromatic rings. The fourth-order valence-corrected chi connectivity index (χ4v) is 0. The first kappa shape index (κ1) is 25.1. The van der Waals surface area contributed by atoms with Crippen molar-refractivity contribution in [3.05, 3.63) is 6.57 Å². The Morgan fingerprint density at radius 3 is 1.20 bits per heavy atom. The number of nitrogens with zero attached hydrogens (tertiary/aromatic N) is 1. The maximum absolute atomic E-state index is 6.25. The molecular formula is CCsCuNW. The molecule has 0 aliphatic carbocycles. The number of hydrogen-bond acceptors (Lipinski definition) is 1. The van der Waals surface area contributed by atoms with Gasteiger partial charge < -0.3 is 11.8 Å². The summed E-state index contributed by atoms with van der Waals surface area (Å²) in [4.78, 5) is 0. The Balaban J connectivity index is -0.00000000167. The van der Waals surface area contributed by atoms with Crippen molar-refractivity contribution in [1.29, 1.82) is 5.26 Å². The van der Waals surface area contributed by atoms with Crippen LogP contribution in [-0.2, 0) is 38.1 Å². The summed E-state index contributed by atoms with van der Waals surface area (Å²) in [6.07, 6.45) is 0.